The second kappa shape index (κ2) is 5.36. The van der Waals surface area contributed by atoms with E-state index in [4.69, 9.17) is 5.11 Å². The van der Waals surface area contributed by atoms with Gasteiger partial charge in [-0.05, 0) is 37.1 Å². The first-order valence-corrected chi connectivity index (χ1v) is 6.31. The fourth-order valence-electron chi connectivity index (χ4n) is 2.20. The highest BCUT2D eigenvalue weighted by Crippen LogP contribution is 2.27. The predicted molar refractivity (Wildman–Crippen MR) is 72.9 cm³/mol. The Balaban J connectivity index is 2.40. The Morgan fingerprint density at radius 2 is 2.05 bits per heavy atom. The molecule has 1 aromatic carbocycles. The Morgan fingerprint density at radius 1 is 1.32 bits per heavy atom. The van der Waals surface area contributed by atoms with Gasteiger partial charge in [-0.1, -0.05) is 19.1 Å². The predicted octanol–water partition coefficient (Wildman–Crippen LogP) is 2.69. The van der Waals surface area contributed by atoms with Crippen LogP contribution in [-0.2, 0) is 4.79 Å². The van der Waals surface area contributed by atoms with Crippen LogP contribution in [0.3, 0.4) is 0 Å². The number of pyridine rings is 1. The topological polar surface area (TPSA) is 70.4 Å². The van der Waals surface area contributed by atoms with Crippen LogP contribution in [0.4, 0.5) is 0 Å². The minimum Gasteiger partial charge on any atom is -0.481 e. The number of rotatable bonds is 4. The molecular weight excluding hydrogens is 242 g/mol. The molecule has 0 saturated heterocycles. The summed E-state index contributed by atoms with van der Waals surface area (Å²) >= 11 is 0. The highest BCUT2D eigenvalue weighted by molar-refractivity contribution is 5.80. The summed E-state index contributed by atoms with van der Waals surface area (Å²) in [5, 5.41) is 20.2. The number of aryl methyl sites for hydroxylation is 1. The number of hydrogen-bond donors (Lipinski definition) is 2. The van der Waals surface area contributed by atoms with E-state index in [1.807, 2.05) is 25.1 Å². The lowest BCUT2D eigenvalue weighted by Gasteiger charge is -2.18. The van der Waals surface area contributed by atoms with E-state index < -0.39 is 18.0 Å². The van der Waals surface area contributed by atoms with Crippen molar-refractivity contribution in [3.8, 4) is 0 Å². The second-order valence-corrected chi connectivity index (χ2v) is 4.70. The first kappa shape index (κ1) is 13.5. The third-order valence-corrected chi connectivity index (χ3v) is 3.33. The van der Waals surface area contributed by atoms with E-state index >= 15 is 0 Å². The van der Waals surface area contributed by atoms with Crippen molar-refractivity contribution >= 4 is 16.9 Å². The third-order valence-electron chi connectivity index (χ3n) is 3.33. The average Bonchev–Trinajstić information content (AvgIpc) is 2.38. The Hall–Kier alpha value is -1.94. The monoisotopic (exact) mass is 259 g/mol. The molecule has 4 heteroatoms. The number of aromatic nitrogens is 1. The smallest absolute Gasteiger partial charge is 0.309 e. The molecule has 0 amide bonds. The van der Waals surface area contributed by atoms with Gasteiger partial charge in [-0.15, -0.1) is 0 Å². The normalized spacial score (nSPS) is 14.3. The van der Waals surface area contributed by atoms with Crippen molar-refractivity contribution in [2.45, 2.75) is 26.4 Å². The molecule has 2 rings (SSSR count). The van der Waals surface area contributed by atoms with E-state index in [1.165, 1.54) is 0 Å². The van der Waals surface area contributed by atoms with Crippen molar-refractivity contribution in [3.05, 3.63) is 41.6 Å². The van der Waals surface area contributed by atoms with Gasteiger partial charge in [0, 0.05) is 11.1 Å². The largest absolute Gasteiger partial charge is 0.481 e. The summed E-state index contributed by atoms with van der Waals surface area (Å²) in [6.07, 6.45) is -0.603. The number of carboxylic acid groups (broad SMARTS) is 1. The number of hydrogen-bond acceptors (Lipinski definition) is 3. The lowest BCUT2D eigenvalue weighted by Crippen LogP contribution is -2.21. The molecule has 1 heterocycles. The van der Waals surface area contributed by atoms with Gasteiger partial charge in [0.05, 0.1) is 17.5 Å². The third kappa shape index (κ3) is 2.74. The van der Waals surface area contributed by atoms with Crippen molar-refractivity contribution in [3.63, 3.8) is 0 Å². The van der Waals surface area contributed by atoms with Crippen LogP contribution < -0.4 is 0 Å². The van der Waals surface area contributed by atoms with Crippen molar-refractivity contribution in [2.24, 2.45) is 5.92 Å². The van der Waals surface area contributed by atoms with Gasteiger partial charge in [-0.2, -0.15) is 0 Å². The van der Waals surface area contributed by atoms with Gasteiger partial charge in [-0.25, -0.2) is 0 Å². The quantitative estimate of drug-likeness (QED) is 0.885. The fourth-order valence-corrected chi connectivity index (χ4v) is 2.20. The number of fused-ring (bicyclic) bond motifs is 1. The second-order valence-electron chi connectivity index (χ2n) is 4.70. The molecule has 2 unspecified atom stereocenters. The summed E-state index contributed by atoms with van der Waals surface area (Å²) in [6, 6.07) is 9.18. The van der Waals surface area contributed by atoms with Gasteiger partial charge in [0.15, 0.2) is 0 Å². The number of aliphatic hydroxyl groups excluding tert-OH is 1. The standard InChI is InChI=1S/C15H17NO3/c1-3-12(15(18)19)14(17)11-6-7-13-10(8-11)5-4-9(2)16-13/h4-8,12,14,17H,3H2,1-2H3,(H,18,19). The van der Waals surface area contributed by atoms with Crippen molar-refractivity contribution < 1.29 is 15.0 Å². The zero-order valence-corrected chi connectivity index (χ0v) is 11.0. The molecule has 2 N–H and O–H groups in total. The lowest BCUT2D eigenvalue weighted by molar-refractivity contribution is -0.146. The minimum atomic E-state index is -0.992. The number of nitrogens with zero attached hydrogens (tertiary/aromatic N) is 1. The molecule has 1 aromatic heterocycles. The Labute approximate surface area is 111 Å². The summed E-state index contributed by atoms with van der Waals surface area (Å²) in [4.78, 5) is 15.5. The number of aliphatic carboxylic acids is 1. The molecule has 0 fully saturated rings. The van der Waals surface area contributed by atoms with Crippen LogP contribution in [0.2, 0.25) is 0 Å². The molecule has 0 radical (unpaired) electrons. The maximum Gasteiger partial charge on any atom is 0.309 e. The van der Waals surface area contributed by atoms with E-state index in [-0.39, 0.29) is 0 Å². The molecule has 100 valence electrons. The molecule has 2 atom stereocenters. The molecule has 4 nitrogen and oxygen atoms in total. The summed E-state index contributed by atoms with van der Waals surface area (Å²) < 4.78 is 0. The highest BCUT2D eigenvalue weighted by Gasteiger charge is 2.26. The van der Waals surface area contributed by atoms with Crippen molar-refractivity contribution in [1.82, 2.24) is 4.98 Å². The molecule has 0 bridgehead atoms. The summed E-state index contributed by atoms with van der Waals surface area (Å²) in [5.41, 5.74) is 2.39. The van der Waals surface area contributed by atoms with Crippen LogP contribution in [0.25, 0.3) is 10.9 Å². The SMILES string of the molecule is CCC(C(=O)O)C(O)c1ccc2nc(C)ccc2c1. The Morgan fingerprint density at radius 3 is 2.68 bits per heavy atom. The molecule has 0 aliphatic rings. The molecule has 0 saturated carbocycles. The van der Waals surface area contributed by atoms with Gasteiger partial charge in [-0.3, -0.25) is 9.78 Å². The van der Waals surface area contributed by atoms with Crippen molar-refractivity contribution in [1.29, 1.82) is 0 Å². The first-order valence-electron chi connectivity index (χ1n) is 6.31. The minimum absolute atomic E-state index is 0.390. The van der Waals surface area contributed by atoms with Gasteiger partial charge >= 0.3 is 5.97 Å². The van der Waals surface area contributed by atoms with Crippen LogP contribution in [0.15, 0.2) is 30.3 Å². The summed E-state index contributed by atoms with van der Waals surface area (Å²) in [6.45, 7) is 3.67. The van der Waals surface area contributed by atoms with Crippen LogP contribution in [0, 0.1) is 12.8 Å². The highest BCUT2D eigenvalue weighted by atomic mass is 16.4. The maximum absolute atomic E-state index is 11.1. The Kier molecular flexibility index (Phi) is 3.81. The van der Waals surface area contributed by atoms with Gasteiger partial charge in [0.25, 0.3) is 0 Å². The van der Waals surface area contributed by atoms with Gasteiger partial charge in [0.2, 0.25) is 0 Å². The molecular formula is C15H17NO3. The number of benzene rings is 1. The van der Waals surface area contributed by atoms with E-state index in [9.17, 15) is 9.90 Å². The lowest BCUT2D eigenvalue weighted by atomic mass is 9.93. The fraction of sp³-hybridized carbons (Fsp3) is 0.333. The van der Waals surface area contributed by atoms with Gasteiger partial charge in [0.1, 0.15) is 0 Å². The van der Waals surface area contributed by atoms with E-state index in [1.54, 1.807) is 19.1 Å². The van der Waals surface area contributed by atoms with Gasteiger partial charge < -0.3 is 10.2 Å². The van der Waals surface area contributed by atoms with Crippen molar-refractivity contribution in [2.75, 3.05) is 0 Å². The van der Waals surface area contributed by atoms with Crippen LogP contribution >= 0.6 is 0 Å². The zero-order chi connectivity index (χ0) is 14.0. The molecule has 19 heavy (non-hydrogen) atoms. The number of carboxylic acids is 1. The Bertz CT molecular complexity index is 609. The van der Waals surface area contributed by atoms with Crippen LogP contribution in [0.5, 0.6) is 0 Å². The van der Waals surface area contributed by atoms with E-state index in [0.29, 0.717) is 12.0 Å². The molecule has 0 spiro atoms. The summed E-state index contributed by atoms with van der Waals surface area (Å²) in [5.74, 6) is -1.76. The van der Waals surface area contributed by atoms with Crippen LogP contribution in [-0.4, -0.2) is 21.2 Å². The first-order chi connectivity index (χ1) is 9.02. The molecule has 0 aliphatic carbocycles. The van der Waals surface area contributed by atoms with E-state index in [2.05, 4.69) is 4.98 Å². The number of aliphatic hydroxyl groups is 1. The average molecular weight is 259 g/mol. The van der Waals surface area contributed by atoms with E-state index in [0.717, 1.165) is 16.6 Å². The summed E-state index contributed by atoms with van der Waals surface area (Å²) in [7, 11) is 0. The molecule has 0 aliphatic heterocycles. The maximum atomic E-state index is 11.1. The number of carbonyl (C=O) groups is 1. The molecule has 2 aromatic rings. The zero-order valence-electron chi connectivity index (χ0n) is 11.0. The van der Waals surface area contributed by atoms with Crippen LogP contribution in [0.1, 0.15) is 30.7 Å².